The lowest BCUT2D eigenvalue weighted by Crippen LogP contribution is -2.32. The predicted molar refractivity (Wildman–Crippen MR) is 109 cm³/mol. The van der Waals surface area contributed by atoms with E-state index < -0.39 is 0 Å². The normalized spacial score (nSPS) is 10.9. The summed E-state index contributed by atoms with van der Waals surface area (Å²) in [6.07, 6.45) is 3.43. The Morgan fingerprint density at radius 1 is 0.964 bits per heavy atom. The van der Waals surface area contributed by atoms with Gasteiger partial charge >= 0.3 is 0 Å². The fraction of sp³-hybridized carbons (Fsp3) is 0.136. The lowest BCUT2D eigenvalue weighted by atomic mass is 10.1. The van der Waals surface area contributed by atoms with E-state index in [4.69, 9.17) is 0 Å². The summed E-state index contributed by atoms with van der Waals surface area (Å²) >= 11 is 0. The van der Waals surface area contributed by atoms with Gasteiger partial charge in [0.1, 0.15) is 6.54 Å². The number of amides is 1. The Balaban J connectivity index is 1.35. The van der Waals surface area contributed by atoms with Crippen LogP contribution in [0.3, 0.4) is 0 Å². The van der Waals surface area contributed by atoms with Gasteiger partial charge in [0, 0.05) is 36.4 Å². The van der Waals surface area contributed by atoms with E-state index in [1.165, 1.54) is 17.0 Å². The average molecular weight is 372 g/mol. The van der Waals surface area contributed by atoms with Gasteiger partial charge in [-0.05, 0) is 17.5 Å². The maximum absolute atomic E-state index is 12.3. The summed E-state index contributed by atoms with van der Waals surface area (Å²) in [5.74, 6) is -0.0942. The van der Waals surface area contributed by atoms with Gasteiger partial charge < -0.3 is 9.88 Å². The second-order valence-corrected chi connectivity index (χ2v) is 6.52. The molecule has 140 valence electrons. The van der Waals surface area contributed by atoms with Crippen molar-refractivity contribution in [1.82, 2.24) is 19.4 Å². The molecular weight excluding hydrogens is 352 g/mol. The molecule has 2 aromatic carbocycles. The van der Waals surface area contributed by atoms with Gasteiger partial charge in [0.25, 0.3) is 5.56 Å². The van der Waals surface area contributed by atoms with Crippen LogP contribution in [-0.4, -0.2) is 26.6 Å². The minimum absolute atomic E-state index is 0.0942. The molecule has 0 saturated heterocycles. The van der Waals surface area contributed by atoms with Gasteiger partial charge in [0.2, 0.25) is 5.91 Å². The van der Waals surface area contributed by atoms with E-state index in [2.05, 4.69) is 10.3 Å². The number of rotatable bonds is 6. The topological polar surface area (TPSA) is 68.9 Å². The maximum Gasteiger partial charge on any atom is 0.253 e. The fourth-order valence-corrected chi connectivity index (χ4v) is 3.17. The molecule has 28 heavy (non-hydrogen) atoms. The van der Waals surface area contributed by atoms with Gasteiger partial charge in [-0.2, -0.15) is 0 Å². The van der Waals surface area contributed by atoms with Crippen LogP contribution in [0.5, 0.6) is 0 Å². The van der Waals surface area contributed by atoms with Gasteiger partial charge in [0.15, 0.2) is 0 Å². The molecule has 0 spiro atoms. The van der Waals surface area contributed by atoms with E-state index >= 15 is 0 Å². The van der Waals surface area contributed by atoms with Crippen molar-refractivity contribution in [3.8, 4) is 11.3 Å². The molecule has 6 heteroatoms. The van der Waals surface area contributed by atoms with Crippen LogP contribution in [0.2, 0.25) is 0 Å². The highest BCUT2D eigenvalue weighted by Crippen LogP contribution is 2.15. The number of aromatic nitrogens is 3. The van der Waals surface area contributed by atoms with Crippen LogP contribution in [0.25, 0.3) is 22.2 Å². The van der Waals surface area contributed by atoms with Crippen LogP contribution < -0.4 is 10.9 Å². The molecule has 4 rings (SSSR count). The molecule has 0 unspecified atom stereocenters. The summed E-state index contributed by atoms with van der Waals surface area (Å²) in [6, 6.07) is 21.0. The van der Waals surface area contributed by atoms with Crippen molar-refractivity contribution < 1.29 is 4.79 Å². The first-order valence-corrected chi connectivity index (χ1v) is 9.13. The molecule has 2 aromatic heterocycles. The minimum atomic E-state index is -0.139. The molecule has 0 bridgehead atoms. The third-order valence-electron chi connectivity index (χ3n) is 4.62. The average Bonchev–Trinajstić information content (AvgIpc) is 3.13. The van der Waals surface area contributed by atoms with Crippen molar-refractivity contribution in [2.24, 2.45) is 0 Å². The number of para-hydroxylation sites is 1. The lowest BCUT2D eigenvalue weighted by molar-refractivity contribution is -0.121. The number of nitrogens with zero attached hydrogens (tertiary/aromatic N) is 3. The van der Waals surface area contributed by atoms with E-state index in [1.54, 1.807) is 0 Å². The van der Waals surface area contributed by atoms with Gasteiger partial charge in [0.05, 0.1) is 12.0 Å². The summed E-state index contributed by atoms with van der Waals surface area (Å²) < 4.78 is 3.41. The first-order valence-electron chi connectivity index (χ1n) is 9.13. The summed E-state index contributed by atoms with van der Waals surface area (Å²) in [5, 5.41) is 3.96. The molecular formula is C22H20N4O2. The molecule has 0 saturated carbocycles. The molecule has 0 radical (unpaired) electrons. The van der Waals surface area contributed by atoms with Crippen molar-refractivity contribution in [2.45, 2.75) is 13.1 Å². The Morgan fingerprint density at radius 2 is 1.75 bits per heavy atom. The zero-order valence-corrected chi connectivity index (χ0v) is 15.3. The van der Waals surface area contributed by atoms with E-state index in [1.807, 2.05) is 71.4 Å². The van der Waals surface area contributed by atoms with E-state index in [9.17, 15) is 9.59 Å². The van der Waals surface area contributed by atoms with E-state index in [-0.39, 0.29) is 18.0 Å². The van der Waals surface area contributed by atoms with Crippen LogP contribution in [0.4, 0.5) is 0 Å². The highest BCUT2D eigenvalue weighted by atomic mass is 16.2. The van der Waals surface area contributed by atoms with Crippen LogP contribution in [0.1, 0.15) is 0 Å². The number of hydrogen-bond acceptors (Lipinski definition) is 3. The van der Waals surface area contributed by atoms with Crippen molar-refractivity contribution in [1.29, 1.82) is 0 Å². The van der Waals surface area contributed by atoms with Crippen LogP contribution in [0.15, 0.2) is 84.0 Å². The monoisotopic (exact) mass is 372 g/mol. The second kappa shape index (κ2) is 7.92. The first kappa shape index (κ1) is 17.7. The molecule has 4 aromatic rings. The lowest BCUT2D eigenvalue weighted by Gasteiger charge is -2.09. The van der Waals surface area contributed by atoms with Crippen LogP contribution >= 0.6 is 0 Å². The maximum atomic E-state index is 12.3. The van der Waals surface area contributed by atoms with Gasteiger partial charge in [-0.1, -0.05) is 48.5 Å². The Labute approximate surface area is 162 Å². The van der Waals surface area contributed by atoms with Gasteiger partial charge in [-0.15, -0.1) is 0 Å². The number of hydrogen-bond donors (Lipinski definition) is 1. The fourth-order valence-electron chi connectivity index (χ4n) is 3.17. The van der Waals surface area contributed by atoms with Gasteiger partial charge in [-0.25, -0.2) is 4.98 Å². The quantitative estimate of drug-likeness (QED) is 0.566. The molecule has 0 aliphatic rings. The standard InChI is InChI=1S/C22H20N4O2/c27-21(15-25-12-10-18-8-4-5-9-20(18)25)23-11-13-26-16-24-19(14-22(26)28)17-6-2-1-3-7-17/h1-10,12,14,16H,11,13,15H2,(H,23,27). The minimum Gasteiger partial charge on any atom is -0.353 e. The third-order valence-corrected chi connectivity index (χ3v) is 4.62. The second-order valence-electron chi connectivity index (χ2n) is 6.52. The molecule has 1 amide bonds. The van der Waals surface area contributed by atoms with E-state index in [0.717, 1.165) is 16.5 Å². The largest absolute Gasteiger partial charge is 0.353 e. The third kappa shape index (κ3) is 3.86. The highest BCUT2D eigenvalue weighted by Gasteiger charge is 2.07. The zero-order chi connectivity index (χ0) is 19.3. The molecule has 0 aliphatic heterocycles. The number of nitrogens with one attached hydrogen (secondary N) is 1. The smallest absolute Gasteiger partial charge is 0.253 e. The zero-order valence-electron chi connectivity index (χ0n) is 15.3. The number of carbonyl (C=O) groups excluding carboxylic acids is 1. The van der Waals surface area contributed by atoms with Crippen molar-refractivity contribution in [3.63, 3.8) is 0 Å². The first-order chi connectivity index (χ1) is 13.7. The molecule has 6 nitrogen and oxygen atoms in total. The van der Waals surface area contributed by atoms with Crippen molar-refractivity contribution >= 4 is 16.8 Å². The summed E-state index contributed by atoms with van der Waals surface area (Å²) in [7, 11) is 0. The van der Waals surface area contributed by atoms with Crippen molar-refractivity contribution in [3.05, 3.63) is 89.6 Å². The van der Waals surface area contributed by atoms with Crippen LogP contribution in [-0.2, 0) is 17.9 Å². The predicted octanol–water partition coefficient (Wildman–Crippen LogP) is 2.68. The number of benzene rings is 2. The Kier molecular flexibility index (Phi) is 5.01. The summed E-state index contributed by atoms with van der Waals surface area (Å²) in [4.78, 5) is 28.9. The Bertz CT molecular complexity index is 1160. The van der Waals surface area contributed by atoms with E-state index in [0.29, 0.717) is 18.8 Å². The molecule has 0 aliphatic carbocycles. The SMILES string of the molecule is O=C(Cn1ccc2ccccc21)NCCn1cnc(-c2ccccc2)cc1=O. The molecule has 1 N–H and O–H groups in total. The molecule has 0 fully saturated rings. The van der Waals surface area contributed by atoms with Gasteiger partial charge in [-0.3, -0.25) is 14.2 Å². The molecule has 2 heterocycles. The summed E-state index contributed by atoms with van der Waals surface area (Å²) in [5.41, 5.74) is 2.43. The number of fused-ring (bicyclic) bond motifs is 1. The van der Waals surface area contributed by atoms with Crippen molar-refractivity contribution in [2.75, 3.05) is 6.54 Å². The number of carbonyl (C=O) groups is 1. The summed E-state index contributed by atoms with van der Waals surface area (Å²) in [6.45, 7) is 0.983. The molecule has 0 atom stereocenters. The highest BCUT2D eigenvalue weighted by molar-refractivity contribution is 5.83. The van der Waals surface area contributed by atoms with Crippen LogP contribution in [0, 0.1) is 0 Å². The Morgan fingerprint density at radius 3 is 2.57 bits per heavy atom. The Hall–Kier alpha value is -3.67.